The van der Waals surface area contributed by atoms with E-state index in [1.54, 1.807) is 35.1 Å². The van der Waals surface area contributed by atoms with Crippen molar-refractivity contribution in [1.82, 2.24) is 9.88 Å². The van der Waals surface area contributed by atoms with E-state index in [9.17, 15) is 12.8 Å². The topological polar surface area (TPSA) is 63.5 Å². The van der Waals surface area contributed by atoms with Crippen LogP contribution in [0, 0.1) is 5.82 Å². The Morgan fingerprint density at radius 2 is 2.12 bits per heavy atom. The molecule has 5 nitrogen and oxygen atoms in total. The van der Waals surface area contributed by atoms with Crippen molar-refractivity contribution in [2.45, 2.75) is 19.6 Å². The normalized spacial score (nSPS) is 16.7. The summed E-state index contributed by atoms with van der Waals surface area (Å²) in [5.74, 6) is -0.374. The quantitative estimate of drug-likeness (QED) is 0.729. The van der Waals surface area contributed by atoms with Gasteiger partial charge >= 0.3 is 0 Å². The van der Waals surface area contributed by atoms with Gasteiger partial charge in [-0.1, -0.05) is 19.1 Å². The lowest BCUT2D eigenvalue weighted by molar-refractivity contribution is 0.620. The van der Waals surface area contributed by atoms with Gasteiger partial charge in [0.25, 0.3) is 0 Å². The second kappa shape index (κ2) is 8.11. The Hall–Kier alpha value is -2.03. The number of nitrogens with zero attached hydrogens (tertiary/aromatic N) is 2. The fraction of sp³-hybridized carbons (Fsp3) is 0.222. The summed E-state index contributed by atoms with van der Waals surface area (Å²) >= 11 is 3.28. The molecule has 0 aliphatic carbocycles. The number of dihydropyridines is 1. The zero-order valence-corrected chi connectivity index (χ0v) is 16.4. The molecule has 0 amide bonds. The summed E-state index contributed by atoms with van der Waals surface area (Å²) in [4.78, 5) is 4.43. The van der Waals surface area contributed by atoms with Crippen molar-refractivity contribution in [1.29, 1.82) is 0 Å². The molecular formula is C18H17BrFN3O2S. The van der Waals surface area contributed by atoms with Gasteiger partial charge in [0.05, 0.1) is 5.69 Å². The molecule has 136 valence electrons. The molecule has 0 saturated heterocycles. The molecule has 0 fully saturated rings. The first-order valence-electron chi connectivity index (χ1n) is 8.04. The van der Waals surface area contributed by atoms with E-state index < -0.39 is 16.5 Å². The summed E-state index contributed by atoms with van der Waals surface area (Å²) in [6, 6.07) is 8.27. The average molecular weight is 438 g/mol. The SMILES string of the molecule is CCNCc1cc(-c2ccccc2F)n(C2N=CC=C(Br)C2=S(=O)=O)c1. The molecule has 26 heavy (non-hydrogen) atoms. The number of hydrogen-bond donors (Lipinski definition) is 1. The Morgan fingerprint density at radius 1 is 1.35 bits per heavy atom. The molecular weight excluding hydrogens is 421 g/mol. The molecule has 1 N–H and O–H groups in total. The summed E-state index contributed by atoms with van der Waals surface area (Å²) in [6.45, 7) is 3.38. The summed E-state index contributed by atoms with van der Waals surface area (Å²) in [5, 5.41) is 3.22. The zero-order chi connectivity index (χ0) is 18.7. The van der Waals surface area contributed by atoms with Crippen LogP contribution in [0.25, 0.3) is 11.3 Å². The second-order valence-corrected chi connectivity index (χ2v) is 7.45. The molecule has 8 heteroatoms. The van der Waals surface area contributed by atoms with Crippen LogP contribution in [0.4, 0.5) is 4.39 Å². The third kappa shape index (κ3) is 3.72. The van der Waals surface area contributed by atoms with Gasteiger partial charge in [-0.05, 0) is 52.3 Å². The van der Waals surface area contributed by atoms with E-state index in [0.717, 1.165) is 12.1 Å². The van der Waals surface area contributed by atoms with Crippen molar-refractivity contribution in [3.8, 4) is 11.3 Å². The summed E-state index contributed by atoms with van der Waals surface area (Å²) in [7, 11) is -2.47. The van der Waals surface area contributed by atoms with Crippen LogP contribution in [0.3, 0.4) is 0 Å². The van der Waals surface area contributed by atoms with Gasteiger partial charge in [0, 0.05) is 29.0 Å². The fourth-order valence-corrected chi connectivity index (χ4v) is 4.11. The van der Waals surface area contributed by atoms with Gasteiger partial charge in [-0.25, -0.2) is 4.39 Å². The van der Waals surface area contributed by atoms with Crippen LogP contribution >= 0.6 is 15.9 Å². The second-order valence-electron chi connectivity index (χ2n) is 5.69. The molecule has 0 spiro atoms. The maximum Gasteiger partial charge on any atom is 0.222 e. The van der Waals surface area contributed by atoms with E-state index in [1.165, 1.54) is 6.07 Å². The Labute approximate surface area is 160 Å². The summed E-state index contributed by atoms with van der Waals surface area (Å²) in [5.41, 5.74) is 1.89. The Morgan fingerprint density at radius 3 is 2.81 bits per heavy atom. The predicted molar refractivity (Wildman–Crippen MR) is 106 cm³/mol. The van der Waals surface area contributed by atoms with Crippen LogP contribution in [0.5, 0.6) is 0 Å². The first-order chi connectivity index (χ1) is 12.5. The van der Waals surface area contributed by atoms with Crippen LogP contribution < -0.4 is 5.32 Å². The molecule has 2 aromatic rings. The average Bonchev–Trinajstić information content (AvgIpc) is 3.03. The number of aromatic nitrogens is 1. The molecule has 1 atom stereocenters. The van der Waals surface area contributed by atoms with Gasteiger partial charge in [0.15, 0.2) is 6.17 Å². The van der Waals surface area contributed by atoms with Crippen LogP contribution in [0.15, 0.2) is 52.1 Å². The van der Waals surface area contributed by atoms with Crippen molar-refractivity contribution in [3.05, 3.63) is 58.5 Å². The highest BCUT2D eigenvalue weighted by molar-refractivity contribution is 9.12. The first kappa shape index (κ1) is 18.8. The minimum absolute atomic E-state index is 0.107. The van der Waals surface area contributed by atoms with Crippen LogP contribution in [0.1, 0.15) is 18.7 Å². The molecule has 1 aliphatic heterocycles. The monoisotopic (exact) mass is 437 g/mol. The van der Waals surface area contributed by atoms with Crippen molar-refractivity contribution < 1.29 is 12.8 Å². The van der Waals surface area contributed by atoms with Crippen LogP contribution in [-0.4, -0.2) is 30.6 Å². The van der Waals surface area contributed by atoms with E-state index in [4.69, 9.17) is 0 Å². The van der Waals surface area contributed by atoms with E-state index in [0.29, 0.717) is 22.3 Å². The van der Waals surface area contributed by atoms with Crippen LogP contribution in [-0.2, 0) is 16.8 Å². The molecule has 0 radical (unpaired) electrons. The summed E-state index contributed by atoms with van der Waals surface area (Å²) < 4.78 is 40.1. The van der Waals surface area contributed by atoms with Gasteiger partial charge < -0.3 is 9.88 Å². The lowest BCUT2D eigenvalue weighted by atomic mass is 10.1. The summed E-state index contributed by atoms with van der Waals surface area (Å²) in [6.07, 6.45) is 4.14. The van der Waals surface area contributed by atoms with E-state index in [1.807, 2.05) is 19.2 Å². The minimum Gasteiger partial charge on any atom is -0.320 e. The molecule has 0 saturated carbocycles. The van der Waals surface area contributed by atoms with Crippen LogP contribution in [0.2, 0.25) is 0 Å². The lowest BCUT2D eigenvalue weighted by Crippen LogP contribution is -2.22. The van der Waals surface area contributed by atoms with Crippen molar-refractivity contribution in [2.24, 2.45) is 4.99 Å². The molecule has 1 aromatic heterocycles. The number of benzene rings is 1. The third-order valence-corrected chi connectivity index (χ3v) is 5.74. The molecule has 3 rings (SSSR count). The smallest absolute Gasteiger partial charge is 0.222 e. The highest BCUT2D eigenvalue weighted by Gasteiger charge is 2.26. The van der Waals surface area contributed by atoms with Crippen molar-refractivity contribution in [2.75, 3.05) is 6.54 Å². The fourth-order valence-electron chi connectivity index (χ4n) is 2.82. The molecule has 2 heterocycles. The molecule has 1 aromatic carbocycles. The standard InChI is InChI=1S/C18H17BrFN3O2S/c1-2-21-10-12-9-16(13-5-3-4-6-15(13)20)23(11-12)18-17(26(24)25)14(19)7-8-22-18/h3-9,11,18,21H,2,10H2,1H3. The van der Waals surface area contributed by atoms with E-state index in [-0.39, 0.29) is 10.7 Å². The zero-order valence-electron chi connectivity index (χ0n) is 14.0. The third-order valence-electron chi connectivity index (χ3n) is 4.00. The Balaban J connectivity index is 2.19. The number of rotatable bonds is 5. The lowest BCUT2D eigenvalue weighted by Gasteiger charge is -2.20. The van der Waals surface area contributed by atoms with E-state index in [2.05, 4.69) is 26.2 Å². The van der Waals surface area contributed by atoms with Gasteiger partial charge in [-0.2, -0.15) is 8.42 Å². The number of hydrogen-bond acceptors (Lipinski definition) is 4. The van der Waals surface area contributed by atoms with Gasteiger partial charge in [0.1, 0.15) is 10.7 Å². The van der Waals surface area contributed by atoms with Gasteiger partial charge in [0.2, 0.25) is 10.3 Å². The molecule has 0 bridgehead atoms. The highest BCUT2D eigenvalue weighted by atomic mass is 79.9. The minimum atomic E-state index is -2.47. The molecule has 1 unspecified atom stereocenters. The predicted octanol–water partition coefficient (Wildman–Crippen LogP) is 3.32. The number of allylic oxidation sites excluding steroid dienone is 1. The van der Waals surface area contributed by atoms with E-state index >= 15 is 0 Å². The number of nitrogens with one attached hydrogen (secondary N) is 1. The largest absolute Gasteiger partial charge is 0.320 e. The number of aliphatic imine (C=N–C) groups is 1. The maximum absolute atomic E-state index is 14.4. The van der Waals surface area contributed by atoms with Gasteiger partial charge in [-0.3, -0.25) is 4.99 Å². The highest BCUT2D eigenvalue weighted by Crippen LogP contribution is 2.32. The van der Waals surface area contributed by atoms with Gasteiger partial charge in [-0.15, -0.1) is 0 Å². The first-order valence-corrected chi connectivity index (χ1v) is 9.91. The maximum atomic E-state index is 14.4. The Bertz CT molecular complexity index is 1020. The van der Waals surface area contributed by atoms with Crippen molar-refractivity contribution in [3.63, 3.8) is 0 Å². The molecule has 1 aliphatic rings. The van der Waals surface area contributed by atoms with Crippen molar-refractivity contribution >= 4 is 37.3 Å². The number of halogens is 2. The Kier molecular flexibility index (Phi) is 5.85.